The Labute approximate surface area is 122 Å². The van der Waals surface area contributed by atoms with Crippen LogP contribution in [0.15, 0.2) is 18.2 Å². The molecule has 1 aromatic carbocycles. The van der Waals surface area contributed by atoms with Gasteiger partial charge in [-0.1, -0.05) is 6.07 Å². The van der Waals surface area contributed by atoms with E-state index in [2.05, 4.69) is 25.2 Å². The zero-order valence-corrected chi connectivity index (χ0v) is 13.2. The van der Waals surface area contributed by atoms with Crippen molar-refractivity contribution in [1.82, 2.24) is 5.32 Å². The first-order valence-corrected chi connectivity index (χ1v) is 7.16. The van der Waals surface area contributed by atoms with Crippen LogP contribution in [-0.2, 0) is 11.2 Å². The Bertz CT molecular complexity index is 395. The second-order valence-electron chi connectivity index (χ2n) is 4.97. The molecule has 2 unspecified atom stereocenters. The molecule has 4 heteroatoms. The predicted molar refractivity (Wildman–Crippen MR) is 81.8 cm³/mol. The first-order valence-electron chi connectivity index (χ1n) is 7.16. The van der Waals surface area contributed by atoms with Gasteiger partial charge in [0.15, 0.2) is 11.5 Å². The van der Waals surface area contributed by atoms with Gasteiger partial charge in [0.25, 0.3) is 0 Å². The highest BCUT2D eigenvalue weighted by molar-refractivity contribution is 5.43. The van der Waals surface area contributed by atoms with E-state index in [0.717, 1.165) is 31.1 Å². The molecule has 0 aromatic heterocycles. The van der Waals surface area contributed by atoms with Crippen molar-refractivity contribution in [2.75, 3.05) is 27.4 Å². The summed E-state index contributed by atoms with van der Waals surface area (Å²) >= 11 is 0. The van der Waals surface area contributed by atoms with Gasteiger partial charge in [-0.3, -0.25) is 0 Å². The summed E-state index contributed by atoms with van der Waals surface area (Å²) in [4.78, 5) is 0. The molecule has 1 N–H and O–H groups in total. The van der Waals surface area contributed by atoms with Gasteiger partial charge in [-0.15, -0.1) is 0 Å². The van der Waals surface area contributed by atoms with Crippen molar-refractivity contribution in [2.45, 2.75) is 39.3 Å². The van der Waals surface area contributed by atoms with E-state index in [4.69, 9.17) is 14.2 Å². The summed E-state index contributed by atoms with van der Waals surface area (Å²) in [5, 5.41) is 3.48. The molecule has 2 atom stereocenters. The standard InChI is InChI=1S/C16H27NO3/c1-6-20-13(3)11-17-12(2)9-14-7-8-15(18-4)16(10-14)19-5/h7-8,10,12-13,17H,6,9,11H2,1-5H3. The number of methoxy groups -OCH3 is 2. The lowest BCUT2D eigenvalue weighted by Gasteiger charge is -2.18. The fourth-order valence-electron chi connectivity index (χ4n) is 2.14. The summed E-state index contributed by atoms with van der Waals surface area (Å²) in [6.07, 6.45) is 1.19. The van der Waals surface area contributed by atoms with Gasteiger partial charge >= 0.3 is 0 Å². The SMILES string of the molecule is CCOC(C)CNC(C)Cc1ccc(OC)c(OC)c1. The second kappa shape index (κ2) is 8.82. The number of ether oxygens (including phenoxy) is 3. The third-order valence-electron chi connectivity index (χ3n) is 3.19. The minimum Gasteiger partial charge on any atom is -0.493 e. The van der Waals surface area contributed by atoms with Crippen LogP contribution in [0.3, 0.4) is 0 Å². The van der Waals surface area contributed by atoms with E-state index in [9.17, 15) is 0 Å². The zero-order chi connectivity index (χ0) is 15.0. The molecule has 0 fully saturated rings. The Kier molecular flexibility index (Phi) is 7.41. The molecule has 0 saturated carbocycles. The van der Waals surface area contributed by atoms with Crippen molar-refractivity contribution in [3.63, 3.8) is 0 Å². The van der Waals surface area contributed by atoms with Crippen molar-refractivity contribution < 1.29 is 14.2 Å². The predicted octanol–water partition coefficient (Wildman–Crippen LogP) is 2.65. The molecule has 114 valence electrons. The highest BCUT2D eigenvalue weighted by atomic mass is 16.5. The maximum absolute atomic E-state index is 5.51. The van der Waals surface area contributed by atoms with E-state index in [0.29, 0.717) is 6.04 Å². The summed E-state index contributed by atoms with van der Waals surface area (Å²) in [5.74, 6) is 1.54. The summed E-state index contributed by atoms with van der Waals surface area (Å²) < 4.78 is 16.1. The fraction of sp³-hybridized carbons (Fsp3) is 0.625. The molecule has 0 saturated heterocycles. The van der Waals surface area contributed by atoms with Crippen LogP contribution in [0.4, 0.5) is 0 Å². The minimum atomic E-state index is 0.243. The smallest absolute Gasteiger partial charge is 0.160 e. The highest BCUT2D eigenvalue weighted by Crippen LogP contribution is 2.27. The molecular weight excluding hydrogens is 254 g/mol. The van der Waals surface area contributed by atoms with Gasteiger partial charge in [0.1, 0.15) is 0 Å². The Hall–Kier alpha value is -1.26. The average molecular weight is 281 g/mol. The Morgan fingerprint density at radius 3 is 2.40 bits per heavy atom. The van der Waals surface area contributed by atoms with Crippen molar-refractivity contribution >= 4 is 0 Å². The average Bonchev–Trinajstić information content (AvgIpc) is 2.45. The topological polar surface area (TPSA) is 39.7 Å². The summed E-state index contributed by atoms with van der Waals surface area (Å²) in [5.41, 5.74) is 1.23. The van der Waals surface area contributed by atoms with Crippen LogP contribution in [0.1, 0.15) is 26.3 Å². The molecule has 20 heavy (non-hydrogen) atoms. The van der Waals surface area contributed by atoms with Crippen LogP contribution < -0.4 is 14.8 Å². The van der Waals surface area contributed by atoms with Crippen molar-refractivity contribution in [1.29, 1.82) is 0 Å². The van der Waals surface area contributed by atoms with E-state index in [1.165, 1.54) is 5.56 Å². The molecule has 0 spiro atoms. The molecule has 0 radical (unpaired) electrons. The monoisotopic (exact) mass is 281 g/mol. The third kappa shape index (κ3) is 5.39. The molecule has 4 nitrogen and oxygen atoms in total. The minimum absolute atomic E-state index is 0.243. The van der Waals surface area contributed by atoms with Crippen LogP contribution in [-0.4, -0.2) is 39.5 Å². The summed E-state index contributed by atoms with van der Waals surface area (Å²) in [6.45, 7) is 7.90. The molecule has 0 aliphatic heterocycles. The van der Waals surface area contributed by atoms with Gasteiger partial charge in [0.05, 0.1) is 20.3 Å². The van der Waals surface area contributed by atoms with Crippen LogP contribution in [0.25, 0.3) is 0 Å². The lowest BCUT2D eigenvalue weighted by molar-refractivity contribution is 0.0743. The summed E-state index contributed by atoms with van der Waals surface area (Å²) in [6, 6.07) is 6.44. The molecule has 0 aliphatic rings. The maximum atomic E-state index is 5.51. The van der Waals surface area contributed by atoms with Crippen LogP contribution in [0.2, 0.25) is 0 Å². The molecular formula is C16H27NO3. The van der Waals surface area contributed by atoms with Crippen LogP contribution in [0, 0.1) is 0 Å². The Balaban J connectivity index is 2.51. The lowest BCUT2D eigenvalue weighted by Crippen LogP contribution is -2.35. The number of hydrogen-bond donors (Lipinski definition) is 1. The van der Waals surface area contributed by atoms with E-state index in [1.54, 1.807) is 14.2 Å². The van der Waals surface area contributed by atoms with Gasteiger partial charge in [0.2, 0.25) is 0 Å². The third-order valence-corrected chi connectivity index (χ3v) is 3.19. The number of benzene rings is 1. The van der Waals surface area contributed by atoms with Gasteiger partial charge in [0, 0.05) is 19.2 Å². The Morgan fingerprint density at radius 1 is 1.10 bits per heavy atom. The first kappa shape index (κ1) is 16.8. The van der Waals surface area contributed by atoms with Crippen molar-refractivity contribution in [3.05, 3.63) is 23.8 Å². The van der Waals surface area contributed by atoms with E-state index >= 15 is 0 Å². The van der Waals surface area contributed by atoms with Gasteiger partial charge < -0.3 is 19.5 Å². The number of hydrogen-bond acceptors (Lipinski definition) is 4. The van der Waals surface area contributed by atoms with Crippen molar-refractivity contribution in [3.8, 4) is 11.5 Å². The quantitative estimate of drug-likeness (QED) is 0.755. The lowest BCUT2D eigenvalue weighted by atomic mass is 10.1. The maximum Gasteiger partial charge on any atom is 0.160 e. The molecule has 0 amide bonds. The number of nitrogens with one attached hydrogen (secondary N) is 1. The summed E-state index contributed by atoms with van der Waals surface area (Å²) in [7, 11) is 3.31. The molecule has 0 heterocycles. The second-order valence-corrected chi connectivity index (χ2v) is 4.97. The Morgan fingerprint density at radius 2 is 1.80 bits per heavy atom. The molecule has 0 aliphatic carbocycles. The zero-order valence-electron chi connectivity index (χ0n) is 13.2. The van der Waals surface area contributed by atoms with E-state index in [-0.39, 0.29) is 6.10 Å². The van der Waals surface area contributed by atoms with E-state index < -0.39 is 0 Å². The van der Waals surface area contributed by atoms with Gasteiger partial charge in [-0.2, -0.15) is 0 Å². The number of rotatable bonds is 9. The van der Waals surface area contributed by atoms with E-state index in [1.807, 2.05) is 19.1 Å². The van der Waals surface area contributed by atoms with Gasteiger partial charge in [-0.25, -0.2) is 0 Å². The van der Waals surface area contributed by atoms with Crippen molar-refractivity contribution in [2.24, 2.45) is 0 Å². The van der Waals surface area contributed by atoms with Crippen LogP contribution >= 0.6 is 0 Å². The fourth-order valence-corrected chi connectivity index (χ4v) is 2.14. The first-order chi connectivity index (χ1) is 9.60. The van der Waals surface area contributed by atoms with Crippen LogP contribution in [0.5, 0.6) is 11.5 Å². The normalized spacial score (nSPS) is 13.8. The molecule has 1 aromatic rings. The molecule has 1 rings (SSSR count). The largest absolute Gasteiger partial charge is 0.493 e. The molecule has 0 bridgehead atoms. The highest BCUT2D eigenvalue weighted by Gasteiger charge is 2.09. The van der Waals surface area contributed by atoms with Gasteiger partial charge in [-0.05, 0) is 44.9 Å².